The van der Waals surface area contributed by atoms with Gasteiger partial charge in [0.1, 0.15) is 22.8 Å². The predicted molar refractivity (Wildman–Crippen MR) is 166 cm³/mol. The van der Waals surface area contributed by atoms with Crippen LogP contribution in [0.3, 0.4) is 0 Å². The maximum absolute atomic E-state index is 14.3. The molecule has 1 aromatic carbocycles. The number of imide groups is 2. The van der Waals surface area contributed by atoms with Gasteiger partial charge in [0, 0.05) is 30.6 Å². The van der Waals surface area contributed by atoms with Crippen molar-refractivity contribution in [2.75, 3.05) is 18.1 Å². The summed E-state index contributed by atoms with van der Waals surface area (Å²) in [5.74, 6) is -3.09. The van der Waals surface area contributed by atoms with Gasteiger partial charge in [-0.3, -0.25) is 43.9 Å². The number of ether oxygens (including phenoxy) is 1. The minimum Gasteiger partial charge on any atom is -0.375 e. The number of amides is 6. The van der Waals surface area contributed by atoms with E-state index in [1.807, 2.05) is 13.8 Å². The molecule has 3 heterocycles. The van der Waals surface area contributed by atoms with E-state index in [0.717, 1.165) is 43.4 Å². The van der Waals surface area contributed by atoms with Gasteiger partial charge < -0.3 is 10.1 Å². The summed E-state index contributed by atoms with van der Waals surface area (Å²) in [4.78, 5) is 86.1. The van der Waals surface area contributed by atoms with Crippen LogP contribution in [0.2, 0.25) is 0 Å². The van der Waals surface area contributed by atoms with Crippen molar-refractivity contribution in [1.29, 1.82) is 0 Å². The zero-order valence-corrected chi connectivity index (χ0v) is 26.5. The van der Waals surface area contributed by atoms with Crippen LogP contribution in [-0.2, 0) is 25.7 Å². The fourth-order valence-corrected chi connectivity index (χ4v) is 7.08. The van der Waals surface area contributed by atoms with Gasteiger partial charge in [0.15, 0.2) is 0 Å². The van der Waals surface area contributed by atoms with E-state index in [-0.39, 0.29) is 53.8 Å². The molecule has 2 fully saturated rings. The molecular weight excluding hydrogens is 598 g/mol. The van der Waals surface area contributed by atoms with Crippen LogP contribution in [0.5, 0.6) is 0 Å². The number of rotatable bonds is 11. The molecule has 45 heavy (non-hydrogen) atoms. The summed E-state index contributed by atoms with van der Waals surface area (Å²) >= 11 is 1.29. The molecule has 2 N–H and O–H groups in total. The van der Waals surface area contributed by atoms with E-state index in [4.69, 9.17) is 4.74 Å². The first-order valence-corrected chi connectivity index (χ1v) is 16.6. The first kappa shape index (κ1) is 32.4. The van der Waals surface area contributed by atoms with Crippen LogP contribution < -0.4 is 15.5 Å². The van der Waals surface area contributed by atoms with Crippen LogP contribution in [0, 0.1) is 5.92 Å². The average Bonchev–Trinajstić information content (AvgIpc) is 3.48. The second kappa shape index (κ2) is 14.4. The number of carbonyl (C=O) groups is 6. The third-order valence-corrected chi connectivity index (χ3v) is 9.44. The van der Waals surface area contributed by atoms with Crippen LogP contribution in [0.15, 0.2) is 23.6 Å². The van der Waals surface area contributed by atoms with Gasteiger partial charge in [-0.15, -0.1) is 11.3 Å². The Morgan fingerprint density at radius 3 is 2.49 bits per heavy atom. The number of likely N-dealkylation sites (N-methyl/N-ethyl adjacent to an activating group) is 1. The van der Waals surface area contributed by atoms with Gasteiger partial charge in [-0.2, -0.15) is 0 Å². The molecule has 0 radical (unpaired) electrons. The maximum atomic E-state index is 14.3. The van der Waals surface area contributed by atoms with E-state index in [1.165, 1.54) is 28.4 Å². The fourth-order valence-electron chi connectivity index (χ4n) is 6.37. The van der Waals surface area contributed by atoms with Crippen LogP contribution >= 0.6 is 11.3 Å². The Balaban J connectivity index is 1.54. The molecule has 2 aromatic rings. The van der Waals surface area contributed by atoms with Gasteiger partial charge in [0.25, 0.3) is 17.7 Å². The van der Waals surface area contributed by atoms with E-state index in [1.54, 1.807) is 11.4 Å². The van der Waals surface area contributed by atoms with Gasteiger partial charge in [-0.1, -0.05) is 38.5 Å². The number of aromatic nitrogens is 1. The van der Waals surface area contributed by atoms with E-state index >= 15 is 0 Å². The standard InChI is InChI=1S/C32H39N5O7S/c1-3-33-28(39)25(15-19-9-7-5-6-8-10-19)36(32(43)23-18-45-27(34-23)17-44-4-2)20-11-12-21-22(16-20)31(42)37(30(21)41)24-13-14-26(38)35-29(24)40/h11-12,16,18-19,24-25H,3-10,13-15,17H2,1-2H3,(H,33,39)(H,35,38,40). The molecule has 2 atom stereocenters. The first-order chi connectivity index (χ1) is 21.7. The number of anilines is 1. The lowest BCUT2D eigenvalue weighted by Crippen LogP contribution is -2.54. The third kappa shape index (κ3) is 6.99. The highest BCUT2D eigenvalue weighted by atomic mass is 32.1. The number of fused-ring (bicyclic) bond motifs is 1. The summed E-state index contributed by atoms with van der Waals surface area (Å²) in [5.41, 5.74) is 0.540. The van der Waals surface area contributed by atoms with Crippen molar-refractivity contribution in [2.45, 2.75) is 90.3 Å². The molecule has 0 spiro atoms. The molecule has 1 saturated heterocycles. The van der Waals surface area contributed by atoms with Crippen molar-refractivity contribution in [3.8, 4) is 0 Å². The lowest BCUT2D eigenvalue weighted by atomic mass is 9.91. The summed E-state index contributed by atoms with van der Waals surface area (Å²) in [5, 5.41) is 7.35. The van der Waals surface area contributed by atoms with Crippen molar-refractivity contribution in [3.63, 3.8) is 0 Å². The quantitative estimate of drug-likeness (QED) is 0.280. The molecular formula is C32H39N5O7S. The molecule has 3 aliphatic rings. The minimum absolute atomic E-state index is 0.00561. The van der Waals surface area contributed by atoms with Gasteiger partial charge in [0.2, 0.25) is 17.7 Å². The summed E-state index contributed by atoms with van der Waals surface area (Å²) in [6.07, 6.45) is 6.75. The molecule has 240 valence electrons. The number of thiazole rings is 1. The highest BCUT2D eigenvalue weighted by Gasteiger charge is 2.45. The Kier molecular flexibility index (Phi) is 10.4. The molecule has 5 rings (SSSR count). The molecule has 1 saturated carbocycles. The molecule has 0 bridgehead atoms. The first-order valence-electron chi connectivity index (χ1n) is 15.7. The van der Waals surface area contributed by atoms with Crippen molar-refractivity contribution in [3.05, 3.63) is 45.4 Å². The molecule has 6 amide bonds. The third-order valence-electron chi connectivity index (χ3n) is 8.62. The monoisotopic (exact) mass is 637 g/mol. The van der Waals surface area contributed by atoms with Crippen LogP contribution in [0.4, 0.5) is 5.69 Å². The Labute approximate surface area is 265 Å². The van der Waals surface area contributed by atoms with E-state index in [9.17, 15) is 28.8 Å². The lowest BCUT2D eigenvalue weighted by Gasteiger charge is -2.33. The van der Waals surface area contributed by atoms with Gasteiger partial charge in [-0.05, 0) is 50.8 Å². The van der Waals surface area contributed by atoms with Crippen LogP contribution in [0.25, 0.3) is 0 Å². The maximum Gasteiger partial charge on any atom is 0.278 e. The van der Waals surface area contributed by atoms with Gasteiger partial charge in [-0.25, -0.2) is 4.98 Å². The van der Waals surface area contributed by atoms with Gasteiger partial charge >= 0.3 is 0 Å². The zero-order valence-electron chi connectivity index (χ0n) is 25.6. The van der Waals surface area contributed by atoms with Crippen molar-refractivity contribution >= 4 is 52.5 Å². The SMILES string of the molecule is CCNC(=O)C(CC1CCCCCC1)N(C(=O)c1csc(COCC)n1)c1ccc2c(c1)C(=O)N(C1CCC(=O)NC1=O)C2=O. The predicted octanol–water partition coefficient (Wildman–Crippen LogP) is 3.59. The fraction of sp³-hybridized carbons (Fsp3) is 0.531. The van der Waals surface area contributed by atoms with E-state index < -0.39 is 41.6 Å². The van der Waals surface area contributed by atoms with Crippen molar-refractivity contribution in [2.24, 2.45) is 5.92 Å². The number of hydrogen-bond donors (Lipinski definition) is 2. The van der Waals surface area contributed by atoms with Crippen LogP contribution in [0.1, 0.15) is 108 Å². The highest BCUT2D eigenvalue weighted by Crippen LogP contribution is 2.35. The molecule has 1 aromatic heterocycles. The second-order valence-electron chi connectivity index (χ2n) is 11.6. The van der Waals surface area contributed by atoms with E-state index in [0.29, 0.717) is 24.6 Å². The number of piperidine rings is 1. The topological polar surface area (TPSA) is 155 Å². The Morgan fingerprint density at radius 2 is 1.80 bits per heavy atom. The molecule has 1 aliphatic carbocycles. The number of benzene rings is 1. The summed E-state index contributed by atoms with van der Waals surface area (Å²) in [6.45, 7) is 4.80. The second-order valence-corrected chi connectivity index (χ2v) is 12.6. The molecule has 13 heteroatoms. The number of nitrogens with one attached hydrogen (secondary N) is 2. The zero-order chi connectivity index (χ0) is 32.1. The average molecular weight is 638 g/mol. The smallest absolute Gasteiger partial charge is 0.278 e. The number of nitrogens with zero attached hydrogens (tertiary/aromatic N) is 3. The summed E-state index contributed by atoms with van der Waals surface area (Å²) in [6, 6.07) is 2.45. The van der Waals surface area contributed by atoms with Crippen molar-refractivity contribution in [1.82, 2.24) is 20.5 Å². The molecule has 2 unspecified atom stereocenters. The van der Waals surface area contributed by atoms with Crippen molar-refractivity contribution < 1.29 is 33.5 Å². The number of carbonyl (C=O) groups excluding carboxylic acids is 6. The lowest BCUT2D eigenvalue weighted by molar-refractivity contribution is -0.136. The number of hydrogen-bond acceptors (Lipinski definition) is 9. The summed E-state index contributed by atoms with van der Waals surface area (Å²) in [7, 11) is 0. The van der Waals surface area contributed by atoms with Crippen LogP contribution in [-0.4, -0.2) is 70.6 Å². The largest absolute Gasteiger partial charge is 0.375 e. The highest BCUT2D eigenvalue weighted by molar-refractivity contribution is 7.09. The summed E-state index contributed by atoms with van der Waals surface area (Å²) < 4.78 is 5.47. The Morgan fingerprint density at radius 1 is 1.07 bits per heavy atom. The van der Waals surface area contributed by atoms with E-state index in [2.05, 4.69) is 15.6 Å². The van der Waals surface area contributed by atoms with Gasteiger partial charge in [0.05, 0.1) is 17.7 Å². The Bertz CT molecular complexity index is 1480. The molecule has 2 aliphatic heterocycles. The normalized spacial score (nSPS) is 19.6. The molecule has 12 nitrogen and oxygen atoms in total. The Hall–Kier alpha value is -3.97. The minimum atomic E-state index is -1.12.